The van der Waals surface area contributed by atoms with Crippen LogP contribution in [0.1, 0.15) is 43.4 Å². The number of rotatable bonds is 6. The molecule has 1 aromatic carbocycles. The standard InChI is InChI=1S/C25H35N5O.HI/c1-2-27-25(28-17-24(31)21-10-13-26-14-11-21)30-16-12-23-22(19-30)9-6-15-29(23)18-20-7-4-3-5-8-20;/h3-5,7-8,10-11,13-14,22-24,31H,2,6,9,12,15-19H2,1H3,(H,27,28);1H. The van der Waals surface area contributed by atoms with Gasteiger partial charge < -0.3 is 15.3 Å². The molecule has 2 aliphatic heterocycles. The van der Waals surface area contributed by atoms with Gasteiger partial charge in [0.05, 0.1) is 12.6 Å². The lowest BCUT2D eigenvalue weighted by atomic mass is 9.83. The number of likely N-dealkylation sites (tertiary alicyclic amines) is 2. The van der Waals surface area contributed by atoms with E-state index < -0.39 is 6.10 Å². The zero-order valence-electron chi connectivity index (χ0n) is 18.9. The number of aliphatic hydroxyl groups excluding tert-OH is 1. The van der Waals surface area contributed by atoms with Crippen LogP contribution < -0.4 is 5.32 Å². The van der Waals surface area contributed by atoms with Crippen LogP contribution in [-0.4, -0.2) is 64.6 Å². The number of piperidine rings is 2. The van der Waals surface area contributed by atoms with Crippen LogP contribution in [0, 0.1) is 5.92 Å². The third-order valence-corrected chi connectivity index (χ3v) is 6.55. The van der Waals surface area contributed by atoms with Crippen molar-refractivity contribution in [3.8, 4) is 0 Å². The van der Waals surface area contributed by atoms with Gasteiger partial charge in [0.1, 0.15) is 0 Å². The molecule has 0 bridgehead atoms. The third-order valence-electron chi connectivity index (χ3n) is 6.55. The van der Waals surface area contributed by atoms with Crippen molar-refractivity contribution in [2.24, 2.45) is 10.9 Å². The number of benzene rings is 1. The number of fused-ring (bicyclic) bond motifs is 1. The molecule has 3 unspecified atom stereocenters. The molecule has 0 radical (unpaired) electrons. The molecular weight excluding hydrogens is 513 g/mol. The molecule has 3 atom stereocenters. The summed E-state index contributed by atoms with van der Waals surface area (Å²) in [6.45, 7) is 7.57. The number of halogens is 1. The first kappa shape index (κ1) is 24.9. The lowest BCUT2D eigenvalue weighted by Crippen LogP contribution is -2.56. The number of guanidine groups is 1. The molecule has 174 valence electrons. The van der Waals surface area contributed by atoms with Gasteiger partial charge in [-0.15, -0.1) is 24.0 Å². The van der Waals surface area contributed by atoms with E-state index in [0.29, 0.717) is 18.5 Å². The molecule has 1 aromatic heterocycles. The van der Waals surface area contributed by atoms with E-state index in [1.165, 1.54) is 24.9 Å². The third kappa shape index (κ3) is 6.42. The molecule has 32 heavy (non-hydrogen) atoms. The largest absolute Gasteiger partial charge is 0.386 e. The van der Waals surface area contributed by atoms with Crippen molar-refractivity contribution >= 4 is 29.9 Å². The van der Waals surface area contributed by atoms with Gasteiger partial charge in [0.15, 0.2) is 5.96 Å². The lowest BCUT2D eigenvalue weighted by Gasteiger charge is -2.48. The Bertz CT molecular complexity index is 835. The fourth-order valence-corrected chi connectivity index (χ4v) is 5.00. The number of hydrogen-bond donors (Lipinski definition) is 2. The summed E-state index contributed by atoms with van der Waals surface area (Å²) < 4.78 is 0. The van der Waals surface area contributed by atoms with Gasteiger partial charge in [0.25, 0.3) is 0 Å². The highest BCUT2D eigenvalue weighted by Gasteiger charge is 2.36. The van der Waals surface area contributed by atoms with Crippen molar-refractivity contribution in [1.29, 1.82) is 0 Å². The normalized spacial score (nSPS) is 22.6. The van der Waals surface area contributed by atoms with Crippen LogP contribution in [0.3, 0.4) is 0 Å². The van der Waals surface area contributed by atoms with Gasteiger partial charge in [-0.2, -0.15) is 0 Å². The van der Waals surface area contributed by atoms with E-state index >= 15 is 0 Å². The Morgan fingerprint density at radius 2 is 1.94 bits per heavy atom. The van der Waals surface area contributed by atoms with Gasteiger partial charge in [-0.25, -0.2) is 0 Å². The van der Waals surface area contributed by atoms with Crippen molar-refractivity contribution in [3.05, 3.63) is 66.0 Å². The van der Waals surface area contributed by atoms with E-state index in [-0.39, 0.29) is 24.0 Å². The first-order valence-electron chi connectivity index (χ1n) is 11.6. The van der Waals surface area contributed by atoms with E-state index in [4.69, 9.17) is 4.99 Å². The van der Waals surface area contributed by atoms with Crippen molar-refractivity contribution < 1.29 is 5.11 Å². The van der Waals surface area contributed by atoms with E-state index in [1.54, 1.807) is 12.4 Å². The van der Waals surface area contributed by atoms with Gasteiger partial charge in [-0.05, 0) is 61.9 Å². The summed E-state index contributed by atoms with van der Waals surface area (Å²) in [6, 6.07) is 15.2. The zero-order valence-corrected chi connectivity index (χ0v) is 21.3. The lowest BCUT2D eigenvalue weighted by molar-refractivity contribution is 0.0371. The second-order valence-electron chi connectivity index (χ2n) is 8.65. The van der Waals surface area contributed by atoms with E-state index in [9.17, 15) is 5.11 Å². The minimum Gasteiger partial charge on any atom is -0.386 e. The first-order chi connectivity index (χ1) is 15.2. The summed E-state index contributed by atoms with van der Waals surface area (Å²) >= 11 is 0. The Kier molecular flexibility index (Phi) is 9.74. The van der Waals surface area contributed by atoms with Gasteiger partial charge >= 0.3 is 0 Å². The molecule has 0 saturated carbocycles. The van der Waals surface area contributed by atoms with Crippen molar-refractivity contribution in [3.63, 3.8) is 0 Å². The van der Waals surface area contributed by atoms with Crippen LogP contribution in [0.25, 0.3) is 0 Å². The average Bonchev–Trinajstić information content (AvgIpc) is 2.82. The summed E-state index contributed by atoms with van der Waals surface area (Å²) in [5.41, 5.74) is 2.27. The molecule has 0 amide bonds. The van der Waals surface area contributed by atoms with E-state index in [2.05, 4.69) is 57.4 Å². The maximum atomic E-state index is 10.5. The number of hydrogen-bond acceptors (Lipinski definition) is 4. The van der Waals surface area contributed by atoms with Crippen LogP contribution in [0.5, 0.6) is 0 Å². The number of nitrogens with zero attached hydrogens (tertiary/aromatic N) is 4. The maximum absolute atomic E-state index is 10.5. The van der Waals surface area contributed by atoms with Crippen molar-refractivity contribution in [1.82, 2.24) is 20.1 Å². The molecular formula is C25H36IN5O. The number of aliphatic imine (C=N–C) groups is 1. The minimum absolute atomic E-state index is 0. The highest BCUT2D eigenvalue weighted by atomic mass is 127. The molecule has 3 heterocycles. The van der Waals surface area contributed by atoms with Crippen LogP contribution >= 0.6 is 24.0 Å². The molecule has 2 saturated heterocycles. The Morgan fingerprint density at radius 3 is 2.69 bits per heavy atom. The Morgan fingerprint density at radius 1 is 1.16 bits per heavy atom. The molecule has 6 nitrogen and oxygen atoms in total. The highest BCUT2D eigenvalue weighted by molar-refractivity contribution is 14.0. The molecule has 7 heteroatoms. The Balaban J connectivity index is 0.00000289. The molecule has 2 aromatic rings. The Labute approximate surface area is 209 Å². The SMILES string of the molecule is CCNC(=NCC(O)c1ccncc1)N1CCC2C(CCCN2Cc2ccccc2)C1.I. The molecule has 4 rings (SSSR count). The van der Waals surface area contributed by atoms with Gasteiger partial charge in [-0.3, -0.25) is 14.9 Å². The number of pyridine rings is 1. The number of aliphatic hydroxyl groups is 1. The fraction of sp³-hybridized carbons (Fsp3) is 0.520. The molecule has 2 fully saturated rings. The summed E-state index contributed by atoms with van der Waals surface area (Å²) in [5.74, 6) is 1.59. The van der Waals surface area contributed by atoms with E-state index in [0.717, 1.165) is 44.1 Å². The predicted octanol–water partition coefficient (Wildman–Crippen LogP) is 3.69. The number of aromatic nitrogens is 1. The summed E-state index contributed by atoms with van der Waals surface area (Å²) in [7, 11) is 0. The highest BCUT2D eigenvalue weighted by Crippen LogP contribution is 2.31. The molecule has 0 aliphatic carbocycles. The summed E-state index contributed by atoms with van der Waals surface area (Å²) in [4.78, 5) is 13.9. The number of nitrogens with one attached hydrogen (secondary N) is 1. The second-order valence-corrected chi connectivity index (χ2v) is 8.65. The zero-order chi connectivity index (χ0) is 21.5. The van der Waals surface area contributed by atoms with Crippen LogP contribution in [0.15, 0.2) is 59.9 Å². The second kappa shape index (κ2) is 12.5. The topological polar surface area (TPSA) is 64.0 Å². The van der Waals surface area contributed by atoms with Crippen LogP contribution in [0.2, 0.25) is 0 Å². The quantitative estimate of drug-likeness (QED) is 0.327. The van der Waals surface area contributed by atoms with Gasteiger partial charge in [-0.1, -0.05) is 30.3 Å². The first-order valence-corrected chi connectivity index (χ1v) is 11.6. The maximum Gasteiger partial charge on any atom is 0.194 e. The monoisotopic (exact) mass is 549 g/mol. The van der Waals surface area contributed by atoms with Crippen LogP contribution in [0.4, 0.5) is 0 Å². The predicted molar refractivity (Wildman–Crippen MR) is 140 cm³/mol. The van der Waals surface area contributed by atoms with Crippen molar-refractivity contribution in [2.45, 2.75) is 44.9 Å². The molecule has 2 N–H and O–H groups in total. The van der Waals surface area contributed by atoms with Crippen LogP contribution in [-0.2, 0) is 6.54 Å². The Hall–Kier alpha value is -1.71. The van der Waals surface area contributed by atoms with Gasteiger partial charge in [0.2, 0.25) is 0 Å². The molecule has 2 aliphatic rings. The molecule has 0 spiro atoms. The van der Waals surface area contributed by atoms with E-state index in [1.807, 2.05) is 12.1 Å². The smallest absolute Gasteiger partial charge is 0.194 e. The van der Waals surface area contributed by atoms with Gasteiger partial charge in [0, 0.05) is 44.6 Å². The van der Waals surface area contributed by atoms with Crippen molar-refractivity contribution in [2.75, 3.05) is 32.7 Å². The summed E-state index contributed by atoms with van der Waals surface area (Å²) in [6.07, 6.45) is 6.52. The fourth-order valence-electron chi connectivity index (χ4n) is 5.00. The average molecular weight is 550 g/mol. The summed E-state index contributed by atoms with van der Waals surface area (Å²) in [5, 5.41) is 14.0. The minimum atomic E-state index is -0.606.